The third kappa shape index (κ3) is 3.68. The molecular formula is C13H17ClN2O2. The Morgan fingerprint density at radius 3 is 3.17 bits per heavy atom. The highest BCUT2D eigenvalue weighted by Gasteiger charge is 2.16. The molecule has 1 unspecified atom stereocenters. The maximum absolute atomic E-state index is 11.7. The van der Waals surface area contributed by atoms with Crippen molar-refractivity contribution in [1.82, 2.24) is 4.98 Å². The number of amides is 1. The number of aryl methyl sites for hydroxylation is 1. The van der Waals surface area contributed by atoms with Gasteiger partial charge in [-0.05, 0) is 37.8 Å². The van der Waals surface area contributed by atoms with E-state index in [9.17, 15) is 4.79 Å². The highest BCUT2D eigenvalue weighted by Crippen LogP contribution is 2.18. The van der Waals surface area contributed by atoms with Gasteiger partial charge in [-0.2, -0.15) is 0 Å². The molecule has 2 rings (SSSR count). The van der Waals surface area contributed by atoms with Crippen molar-refractivity contribution in [3.05, 3.63) is 23.0 Å². The molecule has 0 aliphatic carbocycles. The quantitative estimate of drug-likeness (QED) is 0.854. The molecule has 5 heteroatoms. The molecule has 0 spiro atoms. The van der Waals surface area contributed by atoms with Gasteiger partial charge in [-0.1, -0.05) is 11.6 Å². The van der Waals surface area contributed by atoms with E-state index in [-0.39, 0.29) is 12.0 Å². The molecule has 4 nitrogen and oxygen atoms in total. The van der Waals surface area contributed by atoms with Crippen LogP contribution in [0.15, 0.2) is 12.3 Å². The van der Waals surface area contributed by atoms with Gasteiger partial charge in [-0.15, -0.1) is 0 Å². The summed E-state index contributed by atoms with van der Waals surface area (Å²) >= 11 is 5.82. The Balaban J connectivity index is 1.80. The van der Waals surface area contributed by atoms with Gasteiger partial charge in [-0.25, -0.2) is 4.98 Å². The lowest BCUT2D eigenvalue weighted by Crippen LogP contribution is -2.15. The first-order chi connectivity index (χ1) is 8.65. The van der Waals surface area contributed by atoms with Crippen molar-refractivity contribution in [3.8, 4) is 0 Å². The predicted molar refractivity (Wildman–Crippen MR) is 70.8 cm³/mol. The predicted octanol–water partition coefficient (Wildman–Crippen LogP) is 2.94. The van der Waals surface area contributed by atoms with Crippen molar-refractivity contribution in [3.63, 3.8) is 0 Å². The molecule has 0 aromatic carbocycles. The van der Waals surface area contributed by atoms with E-state index in [4.69, 9.17) is 16.3 Å². The molecule has 0 bridgehead atoms. The van der Waals surface area contributed by atoms with Crippen LogP contribution in [0.2, 0.25) is 5.15 Å². The Kier molecular flexibility index (Phi) is 4.55. The summed E-state index contributed by atoms with van der Waals surface area (Å²) in [4.78, 5) is 15.7. The number of aromatic nitrogens is 1. The maximum Gasteiger partial charge on any atom is 0.224 e. The van der Waals surface area contributed by atoms with E-state index < -0.39 is 0 Å². The Morgan fingerprint density at radius 1 is 1.67 bits per heavy atom. The smallest absolute Gasteiger partial charge is 0.224 e. The Morgan fingerprint density at radius 2 is 2.50 bits per heavy atom. The normalized spacial score (nSPS) is 18.9. The Bertz CT molecular complexity index is 431. The van der Waals surface area contributed by atoms with Crippen LogP contribution in [-0.4, -0.2) is 23.6 Å². The number of carbonyl (C=O) groups is 1. The van der Waals surface area contributed by atoms with E-state index >= 15 is 0 Å². The highest BCUT2D eigenvalue weighted by atomic mass is 35.5. The zero-order valence-corrected chi connectivity index (χ0v) is 11.2. The molecule has 1 aromatic heterocycles. The molecule has 1 amide bonds. The third-order valence-corrected chi connectivity index (χ3v) is 3.41. The van der Waals surface area contributed by atoms with Gasteiger partial charge < -0.3 is 10.1 Å². The lowest BCUT2D eigenvalue weighted by molar-refractivity contribution is -0.116. The number of halogens is 1. The minimum Gasteiger partial charge on any atom is -0.378 e. The SMILES string of the molecule is Cc1cc(NC(=O)CCC2CCCO2)cnc1Cl. The van der Waals surface area contributed by atoms with Crippen LogP contribution in [0.4, 0.5) is 5.69 Å². The number of nitrogens with zero attached hydrogens (tertiary/aromatic N) is 1. The third-order valence-electron chi connectivity index (χ3n) is 3.02. The maximum atomic E-state index is 11.7. The van der Waals surface area contributed by atoms with Crippen molar-refractivity contribution in [2.24, 2.45) is 0 Å². The lowest BCUT2D eigenvalue weighted by Gasteiger charge is -2.09. The molecule has 1 saturated heterocycles. The molecule has 1 aromatic rings. The zero-order valence-electron chi connectivity index (χ0n) is 10.4. The average molecular weight is 269 g/mol. The van der Waals surface area contributed by atoms with Crippen molar-refractivity contribution >= 4 is 23.2 Å². The number of nitrogens with one attached hydrogen (secondary N) is 1. The molecule has 1 fully saturated rings. The molecule has 0 saturated carbocycles. The van der Waals surface area contributed by atoms with E-state index in [1.807, 2.05) is 13.0 Å². The van der Waals surface area contributed by atoms with Crippen molar-refractivity contribution in [2.45, 2.75) is 38.7 Å². The highest BCUT2D eigenvalue weighted by molar-refractivity contribution is 6.30. The summed E-state index contributed by atoms with van der Waals surface area (Å²) in [5, 5.41) is 3.28. The molecule has 2 heterocycles. The second kappa shape index (κ2) is 6.16. The molecule has 0 radical (unpaired) electrons. The summed E-state index contributed by atoms with van der Waals surface area (Å²) in [5.41, 5.74) is 1.54. The van der Waals surface area contributed by atoms with Gasteiger partial charge in [0, 0.05) is 13.0 Å². The number of hydrogen-bond acceptors (Lipinski definition) is 3. The monoisotopic (exact) mass is 268 g/mol. The summed E-state index contributed by atoms with van der Waals surface area (Å²) in [7, 11) is 0. The molecular weight excluding hydrogens is 252 g/mol. The second-order valence-corrected chi connectivity index (χ2v) is 4.91. The fourth-order valence-corrected chi connectivity index (χ4v) is 2.12. The summed E-state index contributed by atoms with van der Waals surface area (Å²) in [6, 6.07) is 1.82. The van der Waals surface area contributed by atoms with Gasteiger partial charge in [0.05, 0.1) is 18.0 Å². The van der Waals surface area contributed by atoms with E-state index in [0.717, 1.165) is 31.4 Å². The van der Waals surface area contributed by atoms with E-state index in [1.54, 1.807) is 6.20 Å². The van der Waals surface area contributed by atoms with Crippen LogP contribution >= 0.6 is 11.6 Å². The van der Waals surface area contributed by atoms with Crippen LogP contribution in [0.25, 0.3) is 0 Å². The average Bonchev–Trinajstić information content (AvgIpc) is 2.84. The standard InChI is InChI=1S/C13H17ClN2O2/c1-9-7-10(8-15-13(9)14)16-12(17)5-4-11-3-2-6-18-11/h7-8,11H,2-6H2,1H3,(H,16,17). The van der Waals surface area contributed by atoms with Crippen LogP contribution in [0.5, 0.6) is 0 Å². The first-order valence-corrected chi connectivity index (χ1v) is 6.56. The van der Waals surface area contributed by atoms with Crippen molar-refractivity contribution in [2.75, 3.05) is 11.9 Å². The summed E-state index contributed by atoms with van der Waals surface area (Å²) in [6.45, 7) is 2.68. The fraction of sp³-hybridized carbons (Fsp3) is 0.538. The number of rotatable bonds is 4. The van der Waals surface area contributed by atoms with Gasteiger partial charge >= 0.3 is 0 Å². The van der Waals surface area contributed by atoms with E-state index in [0.29, 0.717) is 17.3 Å². The Hall–Kier alpha value is -1.13. The first kappa shape index (κ1) is 13.3. The number of carbonyl (C=O) groups excluding carboxylic acids is 1. The summed E-state index contributed by atoms with van der Waals surface area (Å²) in [6.07, 6.45) is 5.25. The van der Waals surface area contributed by atoms with Gasteiger partial charge in [0.25, 0.3) is 0 Å². The van der Waals surface area contributed by atoms with Crippen LogP contribution in [0.3, 0.4) is 0 Å². The molecule has 1 atom stereocenters. The van der Waals surface area contributed by atoms with Crippen LogP contribution in [-0.2, 0) is 9.53 Å². The molecule has 1 N–H and O–H groups in total. The minimum atomic E-state index is -0.00553. The molecule has 1 aliphatic rings. The number of ether oxygens (including phenoxy) is 1. The van der Waals surface area contributed by atoms with Crippen molar-refractivity contribution < 1.29 is 9.53 Å². The van der Waals surface area contributed by atoms with E-state index in [2.05, 4.69) is 10.3 Å². The van der Waals surface area contributed by atoms with Gasteiger partial charge in [0.1, 0.15) is 5.15 Å². The molecule has 1 aliphatic heterocycles. The first-order valence-electron chi connectivity index (χ1n) is 6.19. The number of hydrogen-bond donors (Lipinski definition) is 1. The summed E-state index contributed by atoms with van der Waals surface area (Å²) in [5.74, 6) is -0.00553. The molecule has 98 valence electrons. The summed E-state index contributed by atoms with van der Waals surface area (Å²) < 4.78 is 5.48. The van der Waals surface area contributed by atoms with Crippen LogP contribution < -0.4 is 5.32 Å². The topological polar surface area (TPSA) is 51.2 Å². The van der Waals surface area contributed by atoms with Crippen LogP contribution in [0, 0.1) is 6.92 Å². The minimum absolute atomic E-state index is 0.00553. The largest absolute Gasteiger partial charge is 0.378 e. The second-order valence-electron chi connectivity index (χ2n) is 4.55. The number of anilines is 1. The van der Waals surface area contributed by atoms with Crippen LogP contribution in [0.1, 0.15) is 31.2 Å². The van der Waals surface area contributed by atoms with Gasteiger partial charge in [-0.3, -0.25) is 4.79 Å². The van der Waals surface area contributed by atoms with Crippen molar-refractivity contribution in [1.29, 1.82) is 0 Å². The Labute approximate surface area is 112 Å². The molecule has 18 heavy (non-hydrogen) atoms. The lowest BCUT2D eigenvalue weighted by atomic mass is 10.1. The fourth-order valence-electron chi connectivity index (χ4n) is 2.01. The van der Waals surface area contributed by atoms with Gasteiger partial charge in [0.15, 0.2) is 0 Å². The van der Waals surface area contributed by atoms with Gasteiger partial charge in [0.2, 0.25) is 5.91 Å². The zero-order chi connectivity index (χ0) is 13.0. The number of pyridine rings is 1. The van der Waals surface area contributed by atoms with E-state index in [1.165, 1.54) is 0 Å².